The van der Waals surface area contributed by atoms with E-state index in [0.29, 0.717) is 43.8 Å². The molecule has 3 rings (SSSR count). The van der Waals surface area contributed by atoms with E-state index in [-0.39, 0.29) is 11.8 Å². The van der Waals surface area contributed by atoms with Gasteiger partial charge in [-0.25, -0.2) is 5.06 Å². The first-order valence-electron chi connectivity index (χ1n) is 7.66. The Balaban J connectivity index is 1.63. The molecule has 1 fully saturated rings. The number of carbonyl (C=O) groups is 2. The van der Waals surface area contributed by atoms with E-state index in [4.69, 9.17) is 9.57 Å². The molecule has 1 saturated heterocycles. The van der Waals surface area contributed by atoms with Crippen molar-refractivity contribution in [3.8, 4) is 5.75 Å². The van der Waals surface area contributed by atoms with Crippen molar-refractivity contribution in [1.29, 1.82) is 0 Å². The van der Waals surface area contributed by atoms with E-state index < -0.39 is 5.72 Å². The second-order valence-corrected chi connectivity index (χ2v) is 5.90. The van der Waals surface area contributed by atoms with Crippen molar-refractivity contribution in [2.45, 2.75) is 18.6 Å². The highest BCUT2D eigenvalue weighted by Gasteiger charge is 2.42. The van der Waals surface area contributed by atoms with E-state index in [1.54, 1.807) is 13.1 Å². The number of nitrogens with zero attached hydrogens (tertiary/aromatic N) is 2. The average molecular weight is 319 g/mol. The molecule has 2 heterocycles. The van der Waals surface area contributed by atoms with Crippen LogP contribution in [0.1, 0.15) is 23.2 Å². The van der Waals surface area contributed by atoms with Gasteiger partial charge in [0.15, 0.2) is 5.72 Å². The Bertz CT molecular complexity index is 611. The summed E-state index contributed by atoms with van der Waals surface area (Å²) < 4.78 is 6.07. The number of rotatable bonds is 3. The molecule has 1 spiro atoms. The number of hydrogen-bond acceptors (Lipinski definition) is 5. The molecule has 1 aromatic carbocycles. The molecule has 2 aliphatic rings. The largest absolute Gasteiger partial charge is 0.467 e. The number of fused-ring (bicyclic) bond motifs is 1. The first kappa shape index (κ1) is 15.8. The number of likely N-dealkylation sites (tertiary alicyclic amines) is 1. The number of piperidine rings is 1. The predicted octanol–water partition coefficient (Wildman–Crippen LogP) is 0.621. The number of hydrogen-bond donors (Lipinski definition) is 1. The van der Waals surface area contributed by atoms with E-state index in [1.165, 1.54) is 12.2 Å². The maximum absolute atomic E-state index is 12.3. The molecule has 124 valence electrons. The highest BCUT2D eigenvalue weighted by molar-refractivity contribution is 5.98. The molecule has 0 saturated carbocycles. The summed E-state index contributed by atoms with van der Waals surface area (Å²) in [5.74, 6) is 0.428. The molecule has 0 atom stereocenters. The van der Waals surface area contributed by atoms with Crippen molar-refractivity contribution in [1.82, 2.24) is 15.3 Å². The van der Waals surface area contributed by atoms with Gasteiger partial charge in [0, 0.05) is 33.0 Å². The van der Waals surface area contributed by atoms with Crippen molar-refractivity contribution in [2.24, 2.45) is 0 Å². The average Bonchev–Trinajstić information content (AvgIpc) is 2.56. The van der Waals surface area contributed by atoms with Crippen LogP contribution in [0.4, 0.5) is 0 Å². The molecule has 0 radical (unpaired) electrons. The van der Waals surface area contributed by atoms with Crippen LogP contribution in [0.15, 0.2) is 24.3 Å². The Morgan fingerprint density at radius 2 is 2.09 bits per heavy atom. The summed E-state index contributed by atoms with van der Waals surface area (Å²) in [7, 11) is 3.06. The Morgan fingerprint density at radius 3 is 2.78 bits per heavy atom. The quantitative estimate of drug-likeness (QED) is 0.827. The highest BCUT2D eigenvalue weighted by Crippen LogP contribution is 2.33. The summed E-state index contributed by atoms with van der Waals surface area (Å²) in [5.41, 5.74) is -0.101. The number of carbonyl (C=O) groups excluding carboxylic acids is 2. The molecule has 7 nitrogen and oxygen atoms in total. The van der Waals surface area contributed by atoms with Gasteiger partial charge < -0.3 is 10.1 Å². The van der Waals surface area contributed by atoms with Crippen molar-refractivity contribution in [3.05, 3.63) is 29.8 Å². The van der Waals surface area contributed by atoms with Gasteiger partial charge in [0.05, 0.1) is 19.2 Å². The number of benzene rings is 1. The smallest absolute Gasteiger partial charge is 0.259 e. The molecule has 0 aliphatic carbocycles. The van der Waals surface area contributed by atoms with Crippen LogP contribution in [0, 0.1) is 0 Å². The Morgan fingerprint density at radius 1 is 1.39 bits per heavy atom. The van der Waals surface area contributed by atoms with Crippen LogP contribution in [0.25, 0.3) is 0 Å². The first-order chi connectivity index (χ1) is 11.0. The Kier molecular flexibility index (Phi) is 4.23. The summed E-state index contributed by atoms with van der Waals surface area (Å²) in [6.45, 7) is 1.64. The fourth-order valence-electron chi connectivity index (χ4n) is 2.95. The summed E-state index contributed by atoms with van der Waals surface area (Å²) >= 11 is 0. The summed E-state index contributed by atoms with van der Waals surface area (Å²) in [4.78, 5) is 31.1. The van der Waals surface area contributed by atoms with Gasteiger partial charge >= 0.3 is 0 Å². The van der Waals surface area contributed by atoms with Gasteiger partial charge in [0.25, 0.3) is 11.8 Å². The number of ether oxygens (including phenoxy) is 1. The lowest BCUT2D eigenvalue weighted by Gasteiger charge is -2.44. The van der Waals surface area contributed by atoms with Gasteiger partial charge in [-0.3, -0.25) is 19.3 Å². The molecule has 2 amide bonds. The van der Waals surface area contributed by atoms with Gasteiger partial charge in [-0.2, -0.15) is 0 Å². The van der Waals surface area contributed by atoms with E-state index in [2.05, 4.69) is 5.32 Å². The van der Waals surface area contributed by atoms with Crippen LogP contribution >= 0.6 is 0 Å². The molecule has 7 heteroatoms. The lowest BCUT2D eigenvalue weighted by molar-refractivity contribution is -0.170. The van der Waals surface area contributed by atoms with Crippen LogP contribution in [0.2, 0.25) is 0 Å². The van der Waals surface area contributed by atoms with Gasteiger partial charge in [0.1, 0.15) is 5.75 Å². The number of para-hydroxylation sites is 1. The van der Waals surface area contributed by atoms with E-state index in [1.807, 2.05) is 23.1 Å². The fraction of sp³-hybridized carbons (Fsp3) is 0.500. The third-order valence-corrected chi connectivity index (χ3v) is 4.43. The van der Waals surface area contributed by atoms with Gasteiger partial charge in [-0.1, -0.05) is 12.1 Å². The predicted molar refractivity (Wildman–Crippen MR) is 82.7 cm³/mol. The molecular weight excluding hydrogens is 298 g/mol. The lowest BCUT2D eigenvalue weighted by atomic mass is 9.97. The van der Waals surface area contributed by atoms with E-state index >= 15 is 0 Å². The zero-order chi connectivity index (χ0) is 16.4. The molecule has 1 aromatic rings. The summed E-state index contributed by atoms with van der Waals surface area (Å²) in [6.07, 6.45) is 1.27. The van der Waals surface area contributed by atoms with Gasteiger partial charge in [-0.05, 0) is 12.1 Å². The number of nitrogens with one attached hydrogen (secondary N) is 1. The SMILES string of the molecule is CON(C)C(=O)CN1CCC2(CC1)NC(=O)c1ccccc1O2. The van der Waals surface area contributed by atoms with Crippen molar-refractivity contribution in [3.63, 3.8) is 0 Å². The standard InChI is InChI=1S/C16H21N3O4/c1-18(22-2)14(20)11-19-9-7-16(8-10-19)17-15(21)12-5-3-4-6-13(12)23-16/h3-6H,7-11H2,1-2H3,(H,17,21). The number of hydroxylamine groups is 2. The summed E-state index contributed by atoms with van der Waals surface area (Å²) in [5, 5.41) is 4.21. The topological polar surface area (TPSA) is 71.1 Å². The Labute approximate surface area is 135 Å². The molecule has 0 bridgehead atoms. The normalized spacial score (nSPS) is 19.7. The fourth-order valence-corrected chi connectivity index (χ4v) is 2.95. The zero-order valence-electron chi connectivity index (χ0n) is 13.4. The van der Waals surface area contributed by atoms with E-state index in [9.17, 15) is 9.59 Å². The van der Waals surface area contributed by atoms with Crippen molar-refractivity contribution >= 4 is 11.8 Å². The Hall–Kier alpha value is -2.12. The van der Waals surface area contributed by atoms with Crippen LogP contribution in [-0.4, -0.2) is 61.3 Å². The third kappa shape index (κ3) is 3.16. The molecule has 2 aliphatic heterocycles. The second kappa shape index (κ2) is 6.17. The van der Waals surface area contributed by atoms with Crippen molar-refractivity contribution < 1.29 is 19.2 Å². The minimum absolute atomic E-state index is 0.0950. The maximum Gasteiger partial charge on any atom is 0.259 e. The minimum atomic E-state index is -0.669. The van der Waals surface area contributed by atoms with Gasteiger partial charge in [0.2, 0.25) is 0 Å². The van der Waals surface area contributed by atoms with Gasteiger partial charge in [-0.15, -0.1) is 0 Å². The van der Waals surface area contributed by atoms with Crippen molar-refractivity contribution in [2.75, 3.05) is 33.8 Å². The van der Waals surface area contributed by atoms with Crippen LogP contribution in [-0.2, 0) is 9.63 Å². The van der Waals surface area contributed by atoms with Crippen LogP contribution in [0.5, 0.6) is 5.75 Å². The summed E-state index contributed by atoms with van der Waals surface area (Å²) in [6, 6.07) is 7.25. The maximum atomic E-state index is 12.3. The second-order valence-electron chi connectivity index (χ2n) is 5.90. The lowest BCUT2D eigenvalue weighted by Crippen LogP contribution is -2.61. The minimum Gasteiger partial charge on any atom is -0.467 e. The first-order valence-corrected chi connectivity index (χ1v) is 7.66. The monoisotopic (exact) mass is 319 g/mol. The van der Waals surface area contributed by atoms with Crippen LogP contribution in [0.3, 0.4) is 0 Å². The zero-order valence-corrected chi connectivity index (χ0v) is 13.4. The molecule has 23 heavy (non-hydrogen) atoms. The number of amides is 2. The molecule has 1 N–H and O–H groups in total. The molecular formula is C16H21N3O4. The highest BCUT2D eigenvalue weighted by atomic mass is 16.7. The van der Waals surface area contributed by atoms with Crippen LogP contribution < -0.4 is 10.1 Å². The number of likely N-dealkylation sites (N-methyl/N-ethyl adjacent to an activating group) is 1. The van der Waals surface area contributed by atoms with E-state index in [0.717, 1.165) is 0 Å². The molecule has 0 aromatic heterocycles. The third-order valence-electron chi connectivity index (χ3n) is 4.43. The molecule has 0 unspecified atom stereocenters.